The van der Waals surface area contributed by atoms with Crippen molar-refractivity contribution < 1.29 is 27.4 Å². The number of ether oxygens (including phenoxy) is 2. The Morgan fingerprint density at radius 2 is 1.73 bits per heavy atom. The molecule has 1 aromatic heterocycles. The van der Waals surface area contributed by atoms with E-state index in [4.69, 9.17) is 4.74 Å². The fraction of sp³-hybridized carbons (Fsp3) is 0.158. The van der Waals surface area contributed by atoms with Gasteiger partial charge in [-0.1, -0.05) is 6.07 Å². The van der Waals surface area contributed by atoms with Gasteiger partial charge in [-0.3, -0.25) is 0 Å². The van der Waals surface area contributed by atoms with Crippen LogP contribution in [0.1, 0.15) is 15.9 Å². The van der Waals surface area contributed by atoms with E-state index in [0.29, 0.717) is 22.3 Å². The van der Waals surface area contributed by atoms with Crippen LogP contribution in [0.3, 0.4) is 0 Å². The van der Waals surface area contributed by atoms with Crippen molar-refractivity contribution in [1.29, 1.82) is 0 Å². The Morgan fingerprint density at radius 3 is 2.35 bits per heavy atom. The van der Waals surface area contributed by atoms with E-state index in [2.05, 4.69) is 9.72 Å². The van der Waals surface area contributed by atoms with Gasteiger partial charge in [0.2, 0.25) is 0 Å². The highest BCUT2D eigenvalue weighted by Gasteiger charge is 2.31. The molecule has 0 unspecified atom stereocenters. The second-order valence-corrected chi connectivity index (χ2v) is 5.62. The Hall–Kier alpha value is -3.09. The number of rotatable bonds is 3. The summed E-state index contributed by atoms with van der Waals surface area (Å²) in [5.41, 5.74) is 3.11. The number of benzene rings is 2. The van der Waals surface area contributed by atoms with Crippen molar-refractivity contribution in [2.75, 3.05) is 7.11 Å². The quantitative estimate of drug-likeness (QED) is 0.623. The van der Waals surface area contributed by atoms with Crippen LogP contribution in [-0.2, 0) is 4.74 Å². The van der Waals surface area contributed by atoms with Crippen molar-refractivity contribution in [2.45, 2.75) is 13.3 Å². The predicted octanol–water partition coefficient (Wildman–Crippen LogP) is 4.90. The van der Waals surface area contributed by atoms with Crippen LogP contribution in [0.25, 0.3) is 22.2 Å². The monoisotopic (exact) mass is 361 g/mol. The normalized spacial score (nSPS) is 11.4. The number of fused-ring (bicyclic) bond motifs is 1. The second-order valence-electron chi connectivity index (χ2n) is 5.62. The third-order valence-corrected chi connectivity index (χ3v) is 3.82. The van der Waals surface area contributed by atoms with Crippen LogP contribution in [0.15, 0.2) is 48.5 Å². The molecular weight excluding hydrogens is 347 g/mol. The summed E-state index contributed by atoms with van der Waals surface area (Å²) in [5.74, 6) is -0.767. The molecule has 3 aromatic rings. The fourth-order valence-electron chi connectivity index (χ4n) is 2.62. The molecule has 4 nitrogen and oxygen atoms in total. The smallest absolute Gasteiger partial charge is 0.465 e. The molecule has 0 amide bonds. The van der Waals surface area contributed by atoms with Gasteiger partial charge in [-0.15, -0.1) is 13.2 Å². The summed E-state index contributed by atoms with van der Waals surface area (Å²) in [6, 6.07) is 12.4. The minimum absolute atomic E-state index is 0.299. The molecular formula is C19H14F3NO3. The lowest BCUT2D eigenvalue weighted by Gasteiger charge is -2.10. The number of nitrogens with zero attached hydrogens (tertiary/aromatic N) is 1. The van der Waals surface area contributed by atoms with Crippen molar-refractivity contribution in [1.82, 2.24) is 4.98 Å². The topological polar surface area (TPSA) is 48.4 Å². The van der Waals surface area contributed by atoms with Crippen molar-refractivity contribution in [2.24, 2.45) is 0 Å². The van der Waals surface area contributed by atoms with Crippen molar-refractivity contribution in [3.63, 3.8) is 0 Å². The van der Waals surface area contributed by atoms with Crippen molar-refractivity contribution in [3.05, 3.63) is 59.7 Å². The average Bonchev–Trinajstić information content (AvgIpc) is 2.59. The Labute approximate surface area is 147 Å². The number of hydrogen-bond acceptors (Lipinski definition) is 4. The van der Waals surface area contributed by atoms with E-state index in [1.54, 1.807) is 18.2 Å². The van der Waals surface area contributed by atoms with Gasteiger partial charge >= 0.3 is 12.3 Å². The Bertz CT molecular complexity index is 966. The predicted molar refractivity (Wildman–Crippen MR) is 89.9 cm³/mol. The molecule has 0 saturated carbocycles. The maximum absolute atomic E-state index is 12.3. The summed E-state index contributed by atoms with van der Waals surface area (Å²) in [6.07, 6.45) is -4.73. The van der Waals surface area contributed by atoms with E-state index in [1.807, 2.05) is 13.0 Å². The molecule has 0 saturated heterocycles. The first kappa shape index (κ1) is 17.7. The number of pyridine rings is 1. The molecule has 0 aliphatic carbocycles. The summed E-state index contributed by atoms with van der Waals surface area (Å²) in [5, 5.41) is 0.874. The van der Waals surface area contributed by atoms with Gasteiger partial charge in [-0.2, -0.15) is 0 Å². The molecule has 0 atom stereocenters. The van der Waals surface area contributed by atoms with Crippen LogP contribution < -0.4 is 4.74 Å². The number of methoxy groups -OCH3 is 1. The molecule has 2 aromatic carbocycles. The van der Waals surface area contributed by atoms with Gasteiger partial charge in [0.05, 0.1) is 23.9 Å². The molecule has 3 rings (SSSR count). The van der Waals surface area contributed by atoms with Gasteiger partial charge in [-0.05, 0) is 55.0 Å². The Morgan fingerprint density at radius 1 is 1.04 bits per heavy atom. The first-order valence-electron chi connectivity index (χ1n) is 7.63. The molecule has 0 spiro atoms. The molecule has 0 aliphatic heterocycles. The highest BCUT2D eigenvalue weighted by molar-refractivity contribution is 5.95. The number of aryl methyl sites for hydroxylation is 1. The van der Waals surface area contributed by atoms with Gasteiger partial charge in [-0.25, -0.2) is 9.78 Å². The molecule has 0 fully saturated rings. The zero-order chi connectivity index (χ0) is 18.9. The zero-order valence-electron chi connectivity index (χ0n) is 13.9. The molecule has 0 aliphatic rings. The lowest BCUT2D eigenvalue weighted by molar-refractivity contribution is -0.274. The molecule has 26 heavy (non-hydrogen) atoms. The molecule has 7 heteroatoms. The summed E-state index contributed by atoms with van der Waals surface area (Å²) in [4.78, 5) is 16.2. The van der Waals surface area contributed by atoms with Crippen LogP contribution in [-0.4, -0.2) is 24.4 Å². The van der Waals surface area contributed by atoms with Crippen LogP contribution in [0, 0.1) is 6.92 Å². The maximum Gasteiger partial charge on any atom is 0.573 e. The molecule has 0 N–H and O–H groups in total. The number of halogens is 3. The molecule has 1 heterocycles. The lowest BCUT2D eigenvalue weighted by Crippen LogP contribution is -2.16. The maximum atomic E-state index is 12.3. The van der Waals surface area contributed by atoms with Gasteiger partial charge in [0, 0.05) is 10.9 Å². The summed E-state index contributed by atoms with van der Waals surface area (Å²) in [7, 11) is 1.30. The fourth-order valence-corrected chi connectivity index (χ4v) is 2.62. The van der Waals surface area contributed by atoms with Crippen molar-refractivity contribution >= 4 is 16.9 Å². The average molecular weight is 361 g/mol. The van der Waals surface area contributed by atoms with E-state index in [-0.39, 0.29) is 5.75 Å². The SMILES string of the molecule is COC(=O)c1ccc2c(C)cc(-c3ccc(OC(F)(F)F)cc3)nc2c1. The first-order valence-corrected chi connectivity index (χ1v) is 7.63. The van der Waals surface area contributed by atoms with Gasteiger partial charge in [0.1, 0.15) is 5.75 Å². The van der Waals surface area contributed by atoms with E-state index in [9.17, 15) is 18.0 Å². The molecule has 0 bridgehead atoms. The van der Waals surface area contributed by atoms with Crippen LogP contribution >= 0.6 is 0 Å². The van der Waals surface area contributed by atoms with Gasteiger partial charge < -0.3 is 9.47 Å². The minimum Gasteiger partial charge on any atom is -0.465 e. The van der Waals surface area contributed by atoms with Crippen LogP contribution in [0.4, 0.5) is 13.2 Å². The second kappa shape index (κ2) is 6.67. The number of carbonyl (C=O) groups is 1. The highest BCUT2D eigenvalue weighted by Crippen LogP contribution is 2.28. The molecule has 134 valence electrons. The van der Waals surface area contributed by atoms with Crippen LogP contribution in [0.5, 0.6) is 5.75 Å². The van der Waals surface area contributed by atoms with Crippen LogP contribution in [0.2, 0.25) is 0 Å². The van der Waals surface area contributed by atoms with Crippen molar-refractivity contribution in [3.8, 4) is 17.0 Å². The lowest BCUT2D eigenvalue weighted by atomic mass is 10.0. The van der Waals surface area contributed by atoms with E-state index < -0.39 is 12.3 Å². The Kier molecular flexibility index (Phi) is 4.54. The largest absolute Gasteiger partial charge is 0.573 e. The third-order valence-electron chi connectivity index (χ3n) is 3.82. The highest BCUT2D eigenvalue weighted by atomic mass is 19.4. The number of alkyl halides is 3. The minimum atomic E-state index is -4.73. The summed E-state index contributed by atoms with van der Waals surface area (Å²) >= 11 is 0. The van der Waals surface area contributed by atoms with Gasteiger partial charge in [0.15, 0.2) is 0 Å². The van der Waals surface area contributed by atoms with Gasteiger partial charge in [0.25, 0.3) is 0 Å². The number of carbonyl (C=O) groups excluding carboxylic acids is 1. The zero-order valence-corrected chi connectivity index (χ0v) is 13.9. The summed E-state index contributed by atoms with van der Waals surface area (Å²) in [6.45, 7) is 1.90. The first-order chi connectivity index (χ1) is 12.3. The third kappa shape index (κ3) is 3.77. The van der Waals surface area contributed by atoms with E-state index >= 15 is 0 Å². The number of esters is 1. The van der Waals surface area contributed by atoms with E-state index in [0.717, 1.165) is 10.9 Å². The number of aromatic nitrogens is 1. The number of hydrogen-bond donors (Lipinski definition) is 0. The standard InChI is InChI=1S/C19H14F3NO3/c1-11-9-16(12-3-6-14(7-4-12)26-19(20,21)22)23-17-10-13(18(24)25-2)5-8-15(11)17/h3-10H,1-2H3. The van der Waals surface area contributed by atoms with E-state index in [1.165, 1.54) is 31.4 Å². The molecule has 0 radical (unpaired) electrons. The Balaban J connectivity index is 2.00. The summed E-state index contributed by atoms with van der Waals surface area (Å²) < 4.78 is 45.3.